The van der Waals surface area contributed by atoms with Crippen LogP contribution in [0.3, 0.4) is 0 Å². The van der Waals surface area contributed by atoms with Crippen molar-refractivity contribution < 1.29 is 4.39 Å². The fraction of sp³-hybridized carbons (Fsp3) is 0.429. The largest absolute Gasteiger partial charge is 0.207 e. The Morgan fingerprint density at radius 2 is 1.93 bits per heavy atom. The van der Waals surface area contributed by atoms with Gasteiger partial charge < -0.3 is 0 Å². The van der Waals surface area contributed by atoms with E-state index in [4.69, 9.17) is 0 Å². The quantitative estimate of drug-likeness (QED) is 0.630. The van der Waals surface area contributed by atoms with Gasteiger partial charge in [-0.05, 0) is 36.5 Å². The van der Waals surface area contributed by atoms with Crippen molar-refractivity contribution in [2.24, 2.45) is 5.92 Å². The van der Waals surface area contributed by atoms with Crippen LogP contribution in [-0.4, -0.2) is 0 Å². The first kappa shape index (κ1) is 10.4. The van der Waals surface area contributed by atoms with E-state index in [9.17, 15) is 4.39 Å². The van der Waals surface area contributed by atoms with Crippen molar-refractivity contribution in [1.82, 2.24) is 0 Å². The lowest BCUT2D eigenvalue weighted by molar-refractivity contribution is 0.542. The Kier molecular flexibility index (Phi) is 2.90. The molecule has 15 heavy (non-hydrogen) atoms. The molecule has 0 bridgehead atoms. The van der Waals surface area contributed by atoms with Gasteiger partial charge in [0.25, 0.3) is 0 Å². The van der Waals surface area contributed by atoms with Crippen molar-refractivity contribution in [2.45, 2.75) is 32.6 Å². The predicted octanol–water partition coefficient (Wildman–Crippen LogP) is 4.29. The molecule has 1 aliphatic carbocycles. The van der Waals surface area contributed by atoms with Gasteiger partial charge in [0.1, 0.15) is 5.82 Å². The van der Waals surface area contributed by atoms with Crippen LogP contribution in [0.2, 0.25) is 0 Å². The maximum atomic E-state index is 12.8. The number of hydrogen-bond acceptors (Lipinski definition) is 0. The summed E-state index contributed by atoms with van der Waals surface area (Å²) in [5.74, 6) is 1.02. The van der Waals surface area contributed by atoms with E-state index in [0.717, 1.165) is 12.8 Å². The van der Waals surface area contributed by atoms with Crippen molar-refractivity contribution in [3.8, 4) is 0 Å². The molecular weight excluding hydrogens is 187 g/mol. The summed E-state index contributed by atoms with van der Waals surface area (Å²) in [6.07, 6.45) is 4.61. The van der Waals surface area contributed by atoms with Gasteiger partial charge in [0.05, 0.1) is 0 Å². The van der Waals surface area contributed by atoms with Gasteiger partial charge in [-0.3, -0.25) is 0 Å². The van der Waals surface area contributed by atoms with Gasteiger partial charge in [0.2, 0.25) is 0 Å². The zero-order chi connectivity index (χ0) is 10.8. The number of hydrogen-bond donors (Lipinski definition) is 0. The van der Waals surface area contributed by atoms with Gasteiger partial charge in [-0.15, -0.1) is 0 Å². The molecule has 0 heterocycles. The van der Waals surface area contributed by atoms with Crippen molar-refractivity contribution >= 4 is 0 Å². The summed E-state index contributed by atoms with van der Waals surface area (Å²) in [6.45, 7) is 4.47. The Hall–Kier alpha value is -1.11. The summed E-state index contributed by atoms with van der Waals surface area (Å²) >= 11 is 0. The summed E-state index contributed by atoms with van der Waals surface area (Å²) in [6, 6.07) is 6.97. The van der Waals surface area contributed by atoms with Crippen LogP contribution in [0.4, 0.5) is 4.39 Å². The van der Waals surface area contributed by atoms with Crippen molar-refractivity contribution in [3.63, 3.8) is 0 Å². The van der Waals surface area contributed by atoms with Crippen LogP contribution in [0.1, 0.15) is 38.2 Å². The molecule has 1 aromatic carbocycles. The molecule has 1 heteroatoms. The fourth-order valence-electron chi connectivity index (χ4n) is 2.54. The van der Waals surface area contributed by atoms with Gasteiger partial charge in [0.15, 0.2) is 0 Å². The van der Waals surface area contributed by atoms with Gasteiger partial charge in [-0.2, -0.15) is 0 Å². The number of benzene rings is 1. The van der Waals surface area contributed by atoms with E-state index >= 15 is 0 Å². The van der Waals surface area contributed by atoms with Crippen LogP contribution in [0.25, 0.3) is 0 Å². The molecule has 1 aliphatic rings. The first-order valence-corrected chi connectivity index (χ1v) is 5.66. The molecule has 0 N–H and O–H groups in total. The highest BCUT2D eigenvalue weighted by Crippen LogP contribution is 2.41. The van der Waals surface area contributed by atoms with E-state index in [1.807, 2.05) is 12.1 Å². The SMILES string of the molecule is CCC1=CCC(C)C1c1ccc(F)cc1. The van der Waals surface area contributed by atoms with E-state index in [-0.39, 0.29) is 5.82 Å². The molecule has 0 fully saturated rings. The minimum Gasteiger partial charge on any atom is -0.207 e. The van der Waals surface area contributed by atoms with Crippen LogP contribution in [0.5, 0.6) is 0 Å². The molecule has 0 spiro atoms. The highest BCUT2D eigenvalue weighted by molar-refractivity contribution is 5.33. The van der Waals surface area contributed by atoms with Crippen LogP contribution < -0.4 is 0 Å². The van der Waals surface area contributed by atoms with Crippen LogP contribution >= 0.6 is 0 Å². The average Bonchev–Trinajstić information content (AvgIpc) is 2.61. The molecule has 2 unspecified atom stereocenters. The third-order valence-electron chi connectivity index (χ3n) is 3.36. The fourth-order valence-corrected chi connectivity index (χ4v) is 2.54. The molecule has 2 atom stereocenters. The maximum Gasteiger partial charge on any atom is 0.123 e. The Balaban J connectivity index is 2.29. The third kappa shape index (κ3) is 1.97. The second-order valence-electron chi connectivity index (χ2n) is 4.37. The topological polar surface area (TPSA) is 0 Å². The van der Waals surface area contributed by atoms with Gasteiger partial charge in [0, 0.05) is 5.92 Å². The Labute approximate surface area is 90.8 Å². The maximum absolute atomic E-state index is 12.8. The highest BCUT2D eigenvalue weighted by Gasteiger charge is 2.26. The molecule has 0 radical (unpaired) electrons. The lowest BCUT2D eigenvalue weighted by Crippen LogP contribution is -2.06. The van der Waals surface area contributed by atoms with Crippen LogP contribution in [0.15, 0.2) is 35.9 Å². The second kappa shape index (κ2) is 4.18. The van der Waals surface area contributed by atoms with Crippen molar-refractivity contribution in [1.29, 1.82) is 0 Å². The lowest BCUT2D eigenvalue weighted by atomic mass is 9.85. The zero-order valence-electron chi connectivity index (χ0n) is 9.33. The summed E-state index contributed by atoms with van der Waals surface area (Å²) in [4.78, 5) is 0. The van der Waals surface area contributed by atoms with Crippen molar-refractivity contribution in [3.05, 3.63) is 47.3 Å². The summed E-state index contributed by atoms with van der Waals surface area (Å²) in [5, 5.41) is 0. The molecule has 1 aromatic rings. The van der Waals surface area contributed by atoms with Gasteiger partial charge >= 0.3 is 0 Å². The molecule has 2 rings (SSSR count). The lowest BCUT2D eigenvalue weighted by Gasteiger charge is -2.19. The van der Waals surface area contributed by atoms with Crippen LogP contribution in [0, 0.1) is 11.7 Å². The molecule has 0 saturated heterocycles. The molecule has 0 aliphatic heterocycles. The Morgan fingerprint density at radius 1 is 1.27 bits per heavy atom. The average molecular weight is 204 g/mol. The first-order valence-electron chi connectivity index (χ1n) is 5.66. The van der Waals surface area contributed by atoms with Gasteiger partial charge in [-0.25, -0.2) is 4.39 Å². The molecule has 80 valence electrons. The number of rotatable bonds is 2. The van der Waals surface area contributed by atoms with E-state index in [0.29, 0.717) is 11.8 Å². The number of halogens is 1. The van der Waals surface area contributed by atoms with E-state index in [1.54, 1.807) is 12.1 Å². The summed E-state index contributed by atoms with van der Waals surface area (Å²) in [7, 11) is 0. The molecule has 0 nitrogen and oxygen atoms in total. The minimum absolute atomic E-state index is 0.147. The molecule has 0 saturated carbocycles. The smallest absolute Gasteiger partial charge is 0.123 e. The zero-order valence-corrected chi connectivity index (χ0v) is 9.33. The van der Waals surface area contributed by atoms with E-state index < -0.39 is 0 Å². The minimum atomic E-state index is -0.147. The standard InChI is InChI=1S/C14H17F/c1-3-11-5-4-10(2)14(11)12-6-8-13(15)9-7-12/h5-10,14H,3-4H2,1-2H3. The monoisotopic (exact) mass is 204 g/mol. The molecule has 0 aromatic heterocycles. The summed E-state index contributed by atoms with van der Waals surface area (Å²) in [5.41, 5.74) is 2.77. The third-order valence-corrected chi connectivity index (χ3v) is 3.36. The summed E-state index contributed by atoms with van der Waals surface area (Å²) < 4.78 is 12.8. The molecular formula is C14H17F. The van der Waals surface area contributed by atoms with Gasteiger partial charge in [-0.1, -0.05) is 37.6 Å². The Morgan fingerprint density at radius 3 is 2.53 bits per heavy atom. The van der Waals surface area contributed by atoms with E-state index in [1.165, 1.54) is 11.1 Å². The normalized spacial score (nSPS) is 25.4. The molecule has 0 amide bonds. The van der Waals surface area contributed by atoms with Crippen LogP contribution in [-0.2, 0) is 0 Å². The predicted molar refractivity (Wildman–Crippen MR) is 61.3 cm³/mol. The highest BCUT2D eigenvalue weighted by atomic mass is 19.1. The van der Waals surface area contributed by atoms with Crippen molar-refractivity contribution in [2.75, 3.05) is 0 Å². The number of allylic oxidation sites excluding steroid dienone is 2. The Bertz CT molecular complexity index is 361. The second-order valence-corrected chi connectivity index (χ2v) is 4.37. The first-order chi connectivity index (χ1) is 7.22. The van der Waals surface area contributed by atoms with E-state index in [2.05, 4.69) is 19.9 Å².